The summed E-state index contributed by atoms with van der Waals surface area (Å²) in [6, 6.07) is 0. The van der Waals surface area contributed by atoms with E-state index in [9.17, 15) is 39.8 Å². The summed E-state index contributed by atoms with van der Waals surface area (Å²) in [6.45, 7) is 4.31. The molecule has 1 rings (SSSR count). The first kappa shape index (κ1) is 66.8. The van der Waals surface area contributed by atoms with Crippen LogP contribution in [0.4, 0.5) is 0 Å². The lowest BCUT2D eigenvalue weighted by molar-refractivity contribution is -0.220. The van der Waals surface area contributed by atoms with Crippen molar-refractivity contribution in [1.29, 1.82) is 0 Å². The fraction of sp³-hybridized carbons (Fsp3) is 0.912. The standard InChI is InChI=1S/C57H109O12P/c1-3-5-7-9-11-13-15-17-19-21-23-25-27-29-31-33-35-37-39-41-43-45-47-66-48-50(49-67-70(64,65)69-57-55(62)53(60)52(59)54(61)56(57)63)68-51(58)46-44-42-40-38-36-34-32-30-28-26-24-22-20-18-16-14-12-10-8-6-4-2/h21-24,50,52-57,59-63H,3-20,25-49H2,1-2H3,(H,64,65)/b23-21-,24-22-. The number of unbranched alkanes of at least 4 members (excludes halogenated alkanes) is 35. The molecule has 70 heavy (non-hydrogen) atoms. The van der Waals surface area contributed by atoms with Gasteiger partial charge >= 0.3 is 13.8 Å². The molecule has 0 aliphatic heterocycles. The number of phosphoric acid groups is 1. The van der Waals surface area contributed by atoms with Gasteiger partial charge in [-0.05, 0) is 64.2 Å². The van der Waals surface area contributed by atoms with Crippen molar-refractivity contribution in [2.24, 2.45) is 0 Å². The molecule has 414 valence electrons. The van der Waals surface area contributed by atoms with Gasteiger partial charge in [0.05, 0.1) is 13.2 Å². The van der Waals surface area contributed by atoms with Crippen molar-refractivity contribution in [3.05, 3.63) is 24.3 Å². The topological polar surface area (TPSA) is 192 Å². The summed E-state index contributed by atoms with van der Waals surface area (Å²) in [7, 11) is -5.03. The molecule has 0 aromatic heterocycles. The summed E-state index contributed by atoms with van der Waals surface area (Å²) in [6.07, 6.45) is 45.3. The number of esters is 1. The van der Waals surface area contributed by atoms with E-state index in [0.717, 1.165) is 38.5 Å². The van der Waals surface area contributed by atoms with E-state index in [0.29, 0.717) is 13.0 Å². The number of hydrogen-bond donors (Lipinski definition) is 6. The Morgan fingerprint density at radius 3 is 1.13 bits per heavy atom. The molecule has 6 atom stereocenters. The SMILES string of the molecule is CCCCCCCCCC/C=C\CCCCCCCCCCCCOCC(COP(=O)(O)OC1C(O)C(O)C(O)C(O)C1O)OC(=O)CCCCCCCCCCC/C=C\CCCCCCCCCC. The van der Waals surface area contributed by atoms with E-state index in [1.165, 1.54) is 205 Å². The Morgan fingerprint density at radius 2 is 0.757 bits per heavy atom. The van der Waals surface area contributed by atoms with Crippen molar-refractivity contribution in [2.45, 2.75) is 313 Å². The van der Waals surface area contributed by atoms with Crippen LogP contribution in [-0.2, 0) is 27.9 Å². The molecule has 0 heterocycles. The highest BCUT2D eigenvalue weighted by atomic mass is 31.2. The summed E-state index contributed by atoms with van der Waals surface area (Å²) < 4.78 is 34.4. The number of aliphatic hydroxyl groups is 5. The number of rotatable bonds is 51. The van der Waals surface area contributed by atoms with Gasteiger partial charge in [-0.1, -0.05) is 224 Å². The molecule has 0 aromatic carbocycles. The third-order valence-corrected chi connectivity index (χ3v) is 14.8. The molecule has 0 bridgehead atoms. The fourth-order valence-electron chi connectivity index (χ4n) is 9.17. The van der Waals surface area contributed by atoms with Gasteiger partial charge in [0, 0.05) is 13.0 Å². The van der Waals surface area contributed by atoms with Crippen LogP contribution in [0.15, 0.2) is 24.3 Å². The minimum absolute atomic E-state index is 0.0747. The van der Waals surface area contributed by atoms with Gasteiger partial charge in [-0.15, -0.1) is 0 Å². The molecule has 6 N–H and O–H groups in total. The van der Waals surface area contributed by atoms with Crippen LogP contribution in [0, 0.1) is 0 Å². The van der Waals surface area contributed by atoms with Crippen molar-refractivity contribution >= 4 is 13.8 Å². The van der Waals surface area contributed by atoms with Crippen molar-refractivity contribution in [3.63, 3.8) is 0 Å². The van der Waals surface area contributed by atoms with E-state index in [4.69, 9.17) is 18.5 Å². The molecule has 1 aliphatic carbocycles. The predicted octanol–water partition coefficient (Wildman–Crippen LogP) is 14.0. The average Bonchev–Trinajstić information content (AvgIpc) is 3.35. The predicted molar refractivity (Wildman–Crippen MR) is 286 cm³/mol. The Bertz CT molecular complexity index is 1250. The Hall–Kier alpha value is -1.18. The fourth-order valence-corrected chi connectivity index (χ4v) is 10.1. The van der Waals surface area contributed by atoms with Crippen LogP contribution in [0.25, 0.3) is 0 Å². The van der Waals surface area contributed by atoms with Gasteiger partial charge in [0.15, 0.2) is 0 Å². The molecule has 0 amide bonds. The van der Waals surface area contributed by atoms with Gasteiger partial charge in [-0.25, -0.2) is 4.57 Å². The Morgan fingerprint density at radius 1 is 0.443 bits per heavy atom. The number of hydrogen-bond acceptors (Lipinski definition) is 11. The normalized spacial score (nSPS) is 21.0. The average molecular weight is 1020 g/mol. The van der Waals surface area contributed by atoms with Crippen molar-refractivity contribution < 1.29 is 58.3 Å². The van der Waals surface area contributed by atoms with Gasteiger partial charge in [-0.2, -0.15) is 0 Å². The van der Waals surface area contributed by atoms with Crippen LogP contribution in [0.2, 0.25) is 0 Å². The quantitative estimate of drug-likeness (QED) is 0.0146. The molecule has 0 saturated heterocycles. The Labute approximate surface area is 428 Å². The number of allylic oxidation sites excluding steroid dienone is 4. The van der Waals surface area contributed by atoms with E-state index in [1.807, 2.05) is 0 Å². The highest BCUT2D eigenvalue weighted by molar-refractivity contribution is 7.47. The Kier molecular flexibility index (Phi) is 45.4. The first-order chi connectivity index (χ1) is 34.0. The largest absolute Gasteiger partial charge is 0.472 e. The summed E-state index contributed by atoms with van der Waals surface area (Å²) in [5, 5.41) is 50.4. The molecule has 12 nitrogen and oxygen atoms in total. The van der Waals surface area contributed by atoms with Gasteiger partial charge in [-0.3, -0.25) is 13.8 Å². The number of ether oxygens (including phenoxy) is 2. The first-order valence-electron chi connectivity index (χ1n) is 29.2. The second kappa shape index (κ2) is 47.5. The summed E-state index contributed by atoms with van der Waals surface area (Å²) in [4.78, 5) is 23.3. The number of aliphatic hydroxyl groups excluding tert-OH is 5. The van der Waals surface area contributed by atoms with Gasteiger partial charge in [0.1, 0.15) is 42.7 Å². The van der Waals surface area contributed by atoms with Crippen LogP contribution in [0.1, 0.15) is 271 Å². The third-order valence-electron chi connectivity index (χ3n) is 13.8. The molecular formula is C57H109O12P. The van der Waals surface area contributed by atoms with Crippen LogP contribution in [0.3, 0.4) is 0 Å². The monoisotopic (exact) mass is 1020 g/mol. The van der Waals surface area contributed by atoms with Gasteiger partial charge in [0.2, 0.25) is 0 Å². The van der Waals surface area contributed by atoms with E-state index < -0.39 is 63.1 Å². The van der Waals surface area contributed by atoms with Crippen LogP contribution >= 0.6 is 7.82 Å². The van der Waals surface area contributed by atoms with Crippen LogP contribution in [-0.4, -0.2) is 98.9 Å². The summed E-state index contributed by atoms with van der Waals surface area (Å²) in [5.74, 6) is -0.475. The summed E-state index contributed by atoms with van der Waals surface area (Å²) in [5.41, 5.74) is 0. The maximum atomic E-state index is 12.9. The highest BCUT2D eigenvalue weighted by Gasteiger charge is 2.51. The molecule has 1 aliphatic rings. The zero-order chi connectivity index (χ0) is 51.2. The molecule has 6 unspecified atom stereocenters. The van der Waals surface area contributed by atoms with E-state index in [1.54, 1.807) is 0 Å². The van der Waals surface area contributed by atoms with E-state index in [2.05, 4.69) is 38.2 Å². The summed E-state index contributed by atoms with van der Waals surface area (Å²) >= 11 is 0. The van der Waals surface area contributed by atoms with Crippen molar-refractivity contribution in [3.8, 4) is 0 Å². The molecular weight excluding hydrogens is 908 g/mol. The van der Waals surface area contributed by atoms with Crippen LogP contribution in [0.5, 0.6) is 0 Å². The molecule has 1 saturated carbocycles. The lowest BCUT2D eigenvalue weighted by Gasteiger charge is -2.41. The highest BCUT2D eigenvalue weighted by Crippen LogP contribution is 2.47. The van der Waals surface area contributed by atoms with Gasteiger partial charge in [0.25, 0.3) is 0 Å². The van der Waals surface area contributed by atoms with Crippen molar-refractivity contribution in [2.75, 3.05) is 19.8 Å². The smallest absolute Gasteiger partial charge is 0.457 e. The number of carbonyl (C=O) groups excluding carboxylic acids is 1. The van der Waals surface area contributed by atoms with Gasteiger partial charge < -0.3 is 39.9 Å². The second-order valence-corrected chi connectivity index (χ2v) is 21.9. The lowest BCUT2D eigenvalue weighted by Crippen LogP contribution is -2.64. The molecule has 0 aromatic rings. The minimum atomic E-state index is -5.03. The zero-order valence-electron chi connectivity index (χ0n) is 44.8. The molecule has 13 heteroatoms. The number of phosphoric ester groups is 1. The van der Waals surface area contributed by atoms with Crippen molar-refractivity contribution in [1.82, 2.24) is 0 Å². The second-order valence-electron chi connectivity index (χ2n) is 20.5. The van der Waals surface area contributed by atoms with E-state index >= 15 is 0 Å². The molecule has 0 radical (unpaired) electrons. The van der Waals surface area contributed by atoms with E-state index in [-0.39, 0.29) is 13.0 Å². The number of carbonyl (C=O) groups is 1. The Balaban J connectivity index is 2.28. The lowest BCUT2D eigenvalue weighted by atomic mass is 9.85. The maximum Gasteiger partial charge on any atom is 0.472 e. The molecule has 1 fully saturated rings. The maximum absolute atomic E-state index is 12.9. The minimum Gasteiger partial charge on any atom is -0.457 e. The van der Waals surface area contributed by atoms with Crippen LogP contribution < -0.4 is 0 Å². The molecule has 0 spiro atoms. The third kappa shape index (κ3) is 38.4. The first-order valence-corrected chi connectivity index (χ1v) is 30.7. The zero-order valence-corrected chi connectivity index (χ0v) is 45.7.